The highest BCUT2D eigenvalue weighted by molar-refractivity contribution is 8.17. The molecule has 210 valence electrons. The number of nitro benzene ring substituents is 1. The van der Waals surface area contributed by atoms with E-state index in [4.69, 9.17) is 10.2 Å². The molecule has 1 atom stereocenters. The van der Waals surface area contributed by atoms with Gasteiger partial charge < -0.3 is 0 Å². The molecule has 9 heteroatoms. The summed E-state index contributed by atoms with van der Waals surface area (Å²) in [5, 5.41) is 25.5. The average molecular weight is 576 g/mol. The van der Waals surface area contributed by atoms with Crippen LogP contribution in [0.2, 0.25) is 0 Å². The van der Waals surface area contributed by atoms with E-state index < -0.39 is 9.92 Å². The second kappa shape index (κ2) is 10.3. The Kier molecular flexibility index (Phi) is 6.69. The van der Waals surface area contributed by atoms with Crippen molar-refractivity contribution in [3.63, 3.8) is 0 Å². The van der Waals surface area contributed by atoms with E-state index in [-0.39, 0.29) is 16.9 Å². The van der Waals surface area contributed by atoms with E-state index in [1.54, 1.807) is 17.1 Å². The molecule has 0 amide bonds. The molecule has 0 aliphatic carbocycles. The lowest BCUT2D eigenvalue weighted by Crippen LogP contribution is -2.54. The molecule has 1 spiro atoms. The number of hydrazone groups is 2. The highest BCUT2D eigenvalue weighted by Gasteiger charge is 2.55. The lowest BCUT2D eigenvalue weighted by Gasteiger charge is -2.47. The molecule has 4 aromatic carbocycles. The van der Waals surface area contributed by atoms with Gasteiger partial charge in [-0.3, -0.25) is 14.9 Å². The molecule has 0 N–H and O–H groups in total. The summed E-state index contributed by atoms with van der Waals surface area (Å²) >= 11 is 1.32. The first-order chi connectivity index (χ1) is 20.1. The summed E-state index contributed by atoms with van der Waals surface area (Å²) in [5.74, 6) is -0.179. The Balaban J connectivity index is 1.60. The first kappa shape index (κ1) is 27.4. The molecule has 0 unspecified atom stereocenters. The number of hydrogen-bond acceptors (Lipinski definition) is 8. The molecule has 0 aromatic heterocycles. The van der Waals surface area contributed by atoms with E-state index in [0.29, 0.717) is 10.7 Å². The van der Waals surface area contributed by atoms with Crippen molar-refractivity contribution in [3.05, 3.63) is 135 Å². The van der Waals surface area contributed by atoms with Crippen LogP contribution >= 0.6 is 11.8 Å². The molecule has 6 rings (SSSR count). The molecule has 0 saturated heterocycles. The highest BCUT2D eigenvalue weighted by Crippen LogP contribution is 2.55. The molecular formula is C33H29N5O3S. The van der Waals surface area contributed by atoms with Crippen LogP contribution in [0, 0.1) is 10.1 Å². The van der Waals surface area contributed by atoms with Crippen molar-refractivity contribution in [3.8, 4) is 0 Å². The van der Waals surface area contributed by atoms with Crippen LogP contribution in [0.15, 0.2) is 113 Å². The lowest BCUT2D eigenvalue weighted by atomic mass is 9.85. The van der Waals surface area contributed by atoms with Crippen LogP contribution in [0.4, 0.5) is 17.1 Å². The maximum absolute atomic E-state index is 12.8. The summed E-state index contributed by atoms with van der Waals surface area (Å²) in [5.41, 5.74) is 6.15. The average Bonchev–Trinajstić information content (AvgIpc) is 3.39. The van der Waals surface area contributed by atoms with E-state index in [9.17, 15) is 14.9 Å². The second-order valence-electron chi connectivity index (χ2n) is 11.2. The Labute approximate surface area is 248 Å². The number of para-hydroxylation sites is 1. The molecule has 8 nitrogen and oxygen atoms in total. The quantitative estimate of drug-likeness (QED) is 0.182. The third kappa shape index (κ3) is 4.55. The van der Waals surface area contributed by atoms with Crippen LogP contribution in [0.1, 0.15) is 49.9 Å². The molecule has 2 aliphatic rings. The van der Waals surface area contributed by atoms with Crippen molar-refractivity contribution in [1.82, 2.24) is 0 Å². The van der Waals surface area contributed by atoms with Gasteiger partial charge in [-0.25, -0.2) is 10.0 Å². The number of hydrogen-bond donors (Lipinski definition) is 0. The minimum absolute atomic E-state index is 0.0110. The standard InChI is InChI=1S/C33H29N5O3S/c1-22(39)31-35-37(26-18-20-27(21-19-26)38(40)41)33(42-31)29-13-9-8-12-28(29)30(34-36(33)25-10-6-5-7-11-25)23-14-16-24(17-15-23)32(2,3)4/h5-21H,1-4H3/t33-/m0/s1. The number of rotatable bonds is 5. The number of anilines is 2. The Bertz CT molecular complexity index is 1750. The van der Waals surface area contributed by atoms with Crippen LogP contribution in [0.25, 0.3) is 0 Å². The molecule has 0 bridgehead atoms. The van der Waals surface area contributed by atoms with Gasteiger partial charge in [0.1, 0.15) is 0 Å². The zero-order valence-corrected chi connectivity index (χ0v) is 24.5. The van der Waals surface area contributed by atoms with Crippen LogP contribution in [-0.4, -0.2) is 21.5 Å². The van der Waals surface area contributed by atoms with E-state index >= 15 is 0 Å². The molecule has 2 heterocycles. The van der Waals surface area contributed by atoms with Crippen molar-refractivity contribution in [2.24, 2.45) is 10.2 Å². The van der Waals surface area contributed by atoms with E-state index in [0.717, 1.165) is 28.1 Å². The van der Waals surface area contributed by atoms with Gasteiger partial charge >= 0.3 is 0 Å². The molecule has 0 fully saturated rings. The number of Topliss-reactive ketones (excluding diaryl/α,β-unsaturated/α-hetero) is 1. The summed E-state index contributed by atoms with van der Waals surface area (Å²) in [6.07, 6.45) is 0. The Morgan fingerprint density at radius 3 is 2.02 bits per heavy atom. The third-order valence-electron chi connectivity index (χ3n) is 7.37. The highest BCUT2D eigenvalue weighted by atomic mass is 32.2. The number of ketones is 1. The van der Waals surface area contributed by atoms with Gasteiger partial charge in [0.15, 0.2) is 10.8 Å². The number of carbonyl (C=O) groups is 1. The number of fused-ring (bicyclic) bond motifs is 2. The zero-order chi connectivity index (χ0) is 29.6. The number of nitrogens with zero attached hydrogens (tertiary/aromatic N) is 5. The van der Waals surface area contributed by atoms with Crippen molar-refractivity contribution >= 4 is 45.4 Å². The fraction of sp³-hybridized carbons (Fsp3) is 0.182. The normalized spacial score (nSPS) is 18.0. The van der Waals surface area contributed by atoms with Gasteiger partial charge in [0.25, 0.3) is 5.69 Å². The lowest BCUT2D eigenvalue weighted by molar-refractivity contribution is -0.384. The smallest absolute Gasteiger partial charge is 0.269 e. The second-order valence-corrected chi connectivity index (χ2v) is 12.4. The largest absolute Gasteiger partial charge is 0.292 e. The summed E-state index contributed by atoms with van der Waals surface area (Å²) in [6.45, 7) is 8.05. The maximum atomic E-state index is 12.8. The first-order valence-electron chi connectivity index (χ1n) is 13.6. The SMILES string of the molecule is CC(=O)C1=NN(c2ccc([N+](=O)[O-])cc2)[C@]2(S1)c1ccccc1C(c1ccc(C(C)(C)C)cc1)=NN2c1ccccc1. The van der Waals surface area contributed by atoms with Crippen molar-refractivity contribution in [2.45, 2.75) is 38.1 Å². The van der Waals surface area contributed by atoms with E-state index in [2.05, 4.69) is 45.0 Å². The van der Waals surface area contributed by atoms with Crippen molar-refractivity contribution in [1.29, 1.82) is 0 Å². The summed E-state index contributed by atoms with van der Waals surface area (Å²) in [4.78, 5) is 22.7. The molecule has 0 radical (unpaired) electrons. The monoisotopic (exact) mass is 575 g/mol. The minimum atomic E-state index is -1.12. The Morgan fingerprint density at radius 1 is 0.810 bits per heavy atom. The van der Waals surface area contributed by atoms with Crippen LogP contribution < -0.4 is 10.0 Å². The Morgan fingerprint density at radius 2 is 1.40 bits per heavy atom. The predicted molar refractivity (Wildman–Crippen MR) is 169 cm³/mol. The summed E-state index contributed by atoms with van der Waals surface area (Å²) in [7, 11) is 0. The van der Waals surface area contributed by atoms with Crippen molar-refractivity contribution < 1.29 is 9.72 Å². The molecule has 0 saturated carbocycles. The van der Waals surface area contributed by atoms with Gasteiger partial charge in [-0.2, -0.15) is 10.2 Å². The van der Waals surface area contributed by atoms with Crippen LogP contribution in [0.5, 0.6) is 0 Å². The summed E-state index contributed by atoms with van der Waals surface area (Å²) in [6, 6.07) is 32.5. The van der Waals surface area contributed by atoms with Gasteiger partial charge in [-0.1, -0.05) is 87.5 Å². The fourth-order valence-corrected chi connectivity index (χ4v) is 6.49. The zero-order valence-electron chi connectivity index (χ0n) is 23.7. The Hall–Kier alpha value is -4.76. The molecule has 42 heavy (non-hydrogen) atoms. The molecule has 4 aromatic rings. The maximum Gasteiger partial charge on any atom is 0.269 e. The van der Waals surface area contributed by atoms with Gasteiger partial charge in [0.05, 0.1) is 22.0 Å². The topological polar surface area (TPSA) is 91.4 Å². The van der Waals surface area contributed by atoms with E-state index in [1.807, 2.05) is 59.6 Å². The number of nitro groups is 1. The number of thioether (sulfide) groups is 1. The number of carbonyl (C=O) groups excluding carboxylic acids is 1. The van der Waals surface area contributed by atoms with Gasteiger partial charge in [-0.05, 0) is 47.0 Å². The molecular weight excluding hydrogens is 546 g/mol. The van der Waals surface area contributed by atoms with E-state index in [1.165, 1.54) is 36.4 Å². The van der Waals surface area contributed by atoms with Crippen LogP contribution in [-0.2, 0) is 15.2 Å². The van der Waals surface area contributed by atoms with Crippen LogP contribution in [0.3, 0.4) is 0 Å². The number of non-ortho nitro benzene ring substituents is 1. The minimum Gasteiger partial charge on any atom is -0.292 e. The van der Waals surface area contributed by atoms with Crippen molar-refractivity contribution in [2.75, 3.05) is 10.0 Å². The third-order valence-corrected chi connectivity index (χ3v) is 8.78. The fourth-order valence-electron chi connectivity index (χ4n) is 5.20. The summed E-state index contributed by atoms with van der Waals surface area (Å²) < 4.78 is 0. The predicted octanol–water partition coefficient (Wildman–Crippen LogP) is 7.43. The molecule has 2 aliphatic heterocycles. The van der Waals surface area contributed by atoms with Gasteiger partial charge in [-0.15, -0.1) is 0 Å². The van der Waals surface area contributed by atoms with Gasteiger partial charge in [0.2, 0.25) is 4.99 Å². The van der Waals surface area contributed by atoms with Gasteiger partial charge in [0, 0.05) is 35.7 Å². The first-order valence-corrected chi connectivity index (χ1v) is 14.4. The number of benzene rings is 4.